The fraction of sp³-hybridized carbons (Fsp3) is 0.438. The fourth-order valence-corrected chi connectivity index (χ4v) is 7.92. The summed E-state index contributed by atoms with van der Waals surface area (Å²) in [5.41, 5.74) is 0.801. The van der Waals surface area contributed by atoms with Crippen molar-refractivity contribution in [2.45, 2.75) is 64.5 Å². The second kappa shape index (κ2) is 12.4. The fourth-order valence-electron chi connectivity index (χ4n) is 6.67. The van der Waals surface area contributed by atoms with Crippen LogP contribution in [0.5, 0.6) is 11.5 Å². The van der Waals surface area contributed by atoms with Crippen LogP contribution in [0.4, 0.5) is 11.4 Å². The Morgan fingerprint density at radius 1 is 0.896 bits per heavy atom. The van der Waals surface area contributed by atoms with Gasteiger partial charge in [-0.1, -0.05) is 6.08 Å². The summed E-state index contributed by atoms with van der Waals surface area (Å²) in [5, 5.41) is 19.3. The van der Waals surface area contributed by atoms with Crippen LogP contribution in [0.1, 0.15) is 64.5 Å². The van der Waals surface area contributed by atoms with Crippen LogP contribution in [-0.2, 0) is 29.8 Å². The molecule has 2 aromatic rings. The summed E-state index contributed by atoms with van der Waals surface area (Å²) in [6, 6.07) is 6.62. The van der Waals surface area contributed by atoms with Crippen LogP contribution in [-0.4, -0.2) is 83.8 Å². The van der Waals surface area contributed by atoms with Gasteiger partial charge in [0, 0.05) is 50.6 Å². The number of hydrogen-bond acceptors (Lipinski definition) is 10. The quantitative estimate of drug-likeness (QED) is 0.183. The standard InChI is InChI=1S/C32H37N3O11S2/c1-31(2)15-19(17-47(40,41)42)21-11-23-27(13-25(21)34(31)9-5-7-29(36)37)46-28-14-26-22(12-24(28)33-23)20(18-48(43,44)45)16-32(3,4)35(26)10-6-8-30(38)39/h11-16H,5-10,17-18H2,1-4H3,(H3-,36,37,38,39,40,41,42,43,44,45). The molecule has 3 aliphatic rings. The maximum absolute atomic E-state index is 12.0. The van der Waals surface area contributed by atoms with Gasteiger partial charge in [0.05, 0.1) is 39.5 Å². The molecule has 258 valence electrons. The van der Waals surface area contributed by atoms with E-state index in [1.54, 1.807) is 36.4 Å². The molecule has 48 heavy (non-hydrogen) atoms. The van der Waals surface area contributed by atoms with Gasteiger partial charge in [-0.2, -0.15) is 8.42 Å². The molecule has 0 spiro atoms. The van der Waals surface area contributed by atoms with Gasteiger partial charge in [-0.3, -0.25) is 14.1 Å². The summed E-state index contributed by atoms with van der Waals surface area (Å²) in [5.74, 6) is -2.71. The molecule has 2 aromatic carbocycles. The normalized spacial score (nSPS) is 17.5. The topological polar surface area (TPSA) is 214 Å². The third-order valence-electron chi connectivity index (χ3n) is 8.55. The summed E-state index contributed by atoms with van der Waals surface area (Å²) in [4.78, 5) is 29.3. The number of carboxylic acids is 2. The van der Waals surface area contributed by atoms with E-state index in [4.69, 9.17) is 9.73 Å². The van der Waals surface area contributed by atoms with E-state index in [0.29, 0.717) is 76.2 Å². The highest BCUT2D eigenvalue weighted by molar-refractivity contribution is 7.86. The maximum atomic E-state index is 12.0. The van der Waals surface area contributed by atoms with E-state index in [0.717, 1.165) is 0 Å². The Balaban J connectivity index is 1.70. The second-order valence-corrected chi connectivity index (χ2v) is 16.1. The van der Waals surface area contributed by atoms with Gasteiger partial charge in [-0.05, 0) is 49.6 Å². The number of ether oxygens (including phenoxy) is 1. The largest absolute Gasteiger partial charge is 0.748 e. The zero-order valence-corrected chi connectivity index (χ0v) is 28.5. The number of anilines is 1. The van der Waals surface area contributed by atoms with E-state index >= 15 is 0 Å². The average Bonchev–Trinajstić information content (AvgIpc) is 2.91. The molecule has 0 fully saturated rings. The monoisotopic (exact) mass is 703 g/mol. The minimum absolute atomic E-state index is 0.0812. The summed E-state index contributed by atoms with van der Waals surface area (Å²) < 4.78 is 77.9. The Morgan fingerprint density at radius 2 is 1.54 bits per heavy atom. The predicted octanol–water partition coefficient (Wildman–Crippen LogP) is 2.55. The van der Waals surface area contributed by atoms with Gasteiger partial charge in [-0.15, -0.1) is 0 Å². The highest BCUT2D eigenvalue weighted by Gasteiger charge is 2.37. The van der Waals surface area contributed by atoms with Crippen LogP contribution in [0.15, 0.2) is 41.4 Å². The van der Waals surface area contributed by atoms with Crippen molar-refractivity contribution in [3.63, 3.8) is 0 Å². The van der Waals surface area contributed by atoms with Crippen LogP contribution in [0.3, 0.4) is 0 Å². The maximum Gasteiger partial charge on any atom is 0.303 e. The summed E-state index contributed by atoms with van der Waals surface area (Å²) in [7, 11) is -9.11. The molecule has 3 N–H and O–H groups in total. The van der Waals surface area contributed by atoms with E-state index in [1.807, 2.05) is 37.2 Å². The molecular weight excluding hydrogens is 666 g/mol. The smallest absolute Gasteiger partial charge is 0.303 e. The van der Waals surface area contributed by atoms with E-state index in [9.17, 15) is 45.7 Å². The first-order valence-corrected chi connectivity index (χ1v) is 18.4. The lowest BCUT2D eigenvalue weighted by atomic mass is 9.88. The molecule has 0 amide bonds. The Bertz CT molecular complexity index is 2130. The number of carboxylic acid groups (broad SMARTS) is 2. The molecular formula is C32H37N3O11S2. The molecule has 14 nitrogen and oxygen atoms in total. The van der Waals surface area contributed by atoms with Crippen LogP contribution < -0.4 is 24.9 Å². The number of hydrogen-bond donors (Lipinski definition) is 3. The van der Waals surface area contributed by atoms with Crippen molar-refractivity contribution in [2.75, 3.05) is 29.5 Å². The first-order valence-electron chi connectivity index (χ1n) is 15.2. The molecule has 16 heteroatoms. The number of carbonyl (C=O) groups is 2. The van der Waals surface area contributed by atoms with E-state index in [1.165, 1.54) is 0 Å². The van der Waals surface area contributed by atoms with Crippen molar-refractivity contribution in [1.29, 1.82) is 0 Å². The zero-order chi connectivity index (χ0) is 35.4. The zero-order valence-electron chi connectivity index (χ0n) is 26.9. The van der Waals surface area contributed by atoms with Gasteiger partial charge >= 0.3 is 11.9 Å². The summed E-state index contributed by atoms with van der Waals surface area (Å²) >= 11 is 0. The average molecular weight is 704 g/mol. The number of nitrogens with zero attached hydrogens (tertiary/aromatic N) is 3. The lowest BCUT2D eigenvalue weighted by Crippen LogP contribution is -2.50. The first-order chi connectivity index (χ1) is 22.1. The second-order valence-electron chi connectivity index (χ2n) is 13.3. The lowest BCUT2D eigenvalue weighted by Gasteiger charge is -2.44. The van der Waals surface area contributed by atoms with Crippen LogP contribution in [0.2, 0.25) is 0 Å². The van der Waals surface area contributed by atoms with Crippen molar-refractivity contribution >= 4 is 54.7 Å². The predicted molar refractivity (Wildman–Crippen MR) is 176 cm³/mol. The van der Waals surface area contributed by atoms with Gasteiger partial charge < -0.3 is 24.4 Å². The molecule has 0 atom stereocenters. The highest BCUT2D eigenvalue weighted by atomic mass is 32.2. The number of benzene rings is 2. The van der Waals surface area contributed by atoms with Crippen molar-refractivity contribution in [1.82, 2.24) is 4.58 Å². The van der Waals surface area contributed by atoms with Crippen LogP contribution in [0, 0.1) is 0 Å². The molecule has 0 saturated heterocycles. The highest BCUT2D eigenvalue weighted by Crippen LogP contribution is 2.47. The van der Waals surface area contributed by atoms with Gasteiger partial charge in [0.2, 0.25) is 5.36 Å². The Morgan fingerprint density at radius 3 is 2.17 bits per heavy atom. The van der Waals surface area contributed by atoms with E-state index in [2.05, 4.69) is 0 Å². The van der Waals surface area contributed by atoms with Gasteiger partial charge in [-0.25, -0.2) is 18.0 Å². The first kappa shape index (κ1) is 35.2. The molecule has 0 radical (unpaired) electrons. The number of fused-ring (bicyclic) bond motifs is 4. The molecule has 3 heterocycles. The minimum Gasteiger partial charge on any atom is -0.748 e. The third kappa shape index (κ3) is 7.61. The van der Waals surface area contributed by atoms with E-state index < -0.39 is 54.8 Å². The molecule has 0 aliphatic carbocycles. The Kier molecular flexibility index (Phi) is 9.09. The van der Waals surface area contributed by atoms with Crippen LogP contribution >= 0.6 is 0 Å². The lowest BCUT2D eigenvalue weighted by molar-refractivity contribution is -0.138. The van der Waals surface area contributed by atoms with Crippen molar-refractivity contribution < 1.29 is 50.5 Å². The molecule has 3 aliphatic heterocycles. The molecule has 0 aromatic heterocycles. The Hall–Kier alpha value is -4.12. The summed E-state index contributed by atoms with van der Waals surface area (Å²) in [6.45, 7) is 7.99. The number of aliphatic carboxylic acids is 2. The molecule has 5 rings (SSSR count). The van der Waals surface area contributed by atoms with Crippen molar-refractivity contribution in [3.05, 3.63) is 58.3 Å². The number of rotatable bonds is 12. The van der Waals surface area contributed by atoms with Crippen LogP contribution in [0.25, 0.3) is 11.1 Å². The van der Waals surface area contributed by atoms with Gasteiger partial charge in [0.1, 0.15) is 23.3 Å². The van der Waals surface area contributed by atoms with Gasteiger partial charge in [0.25, 0.3) is 10.1 Å². The van der Waals surface area contributed by atoms with Crippen molar-refractivity contribution in [3.8, 4) is 11.5 Å². The third-order valence-corrected chi connectivity index (χ3v) is 9.89. The SMILES string of the molecule is CC1(C)C=C(CS(=O)(=O)O)c2cc3c(cc2N1CCCC(=O)O)Oc1cc2c(cc1=N3)C(CS(=O)(=O)[O-])=CC(C)(C)[N+]=2CCCC(=O)O. The Labute approximate surface area is 277 Å². The molecule has 0 bridgehead atoms. The van der Waals surface area contributed by atoms with E-state index in [-0.39, 0.29) is 18.4 Å². The van der Waals surface area contributed by atoms with Crippen molar-refractivity contribution in [2.24, 2.45) is 4.99 Å². The van der Waals surface area contributed by atoms with Gasteiger partial charge in [0.15, 0.2) is 17.0 Å². The summed E-state index contributed by atoms with van der Waals surface area (Å²) in [6.07, 6.45) is 3.83. The molecule has 0 saturated carbocycles. The minimum atomic E-state index is -4.68. The molecule has 0 unspecified atom stereocenters.